The Bertz CT molecular complexity index is 486. The van der Waals surface area contributed by atoms with Gasteiger partial charge in [-0.15, -0.1) is 0 Å². The Hall–Kier alpha value is -1.76. The van der Waals surface area contributed by atoms with Crippen LogP contribution in [-0.4, -0.2) is 28.3 Å². The molecule has 0 saturated heterocycles. The van der Waals surface area contributed by atoms with E-state index in [0.717, 1.165) is 12.1 Å². The summed E-state index contributed by atoms with van der Waals surface area (Å²) in [5, 5.41) is 20.8. The quantitative estimate of drug-likeness (QED) is 0.780. The second kappa shape index (κ2) is 6.13. The van der Waals surface area contributed by atoms with Crippen molar-refractivity contribution in [3.05, 3.63) is 29.3 Å². The lowest BCUT2D eigenvalue weighted by Crippen LogP contribution is -2.21. The molecule has 0 heterocycles. The third-order valence-electron chi connectivity index (χ3n) is 2.66. The van der Waals surface area contributed by atoms with Crippen LogP contribution in [-0.2, 0) is 6.18 Å². The van der Waals surface area contributed by atoms with Crippen molar-refractivity contribution in [1.29, 1.82) is 0 Å². The summed E-state index contributed by atoms with van der Waals surface area (Å²) in [4.78, 5) is 10.8. The number of carbonyl (C=O) groups is 1. The van der Waals surface area contributed by atoms with Crippen LogP contribution in [0.3, 0.4) is 0 Å². The van der Waals surface area contributed by atoms with Crippen molar-refractivity contribution in [3.63, 3.8) is 0 Å². The smallest absolute Gasteiger partial charge is 0.417 e. The molecule has 1 aromatic carbocycles. The van der Waals surface area contributed by atoms with Crippen LogP contribution < -0.4 is 5.32 Å². The molecule has 0 aliphatic carbocycles. The van der Waals surface area contributed by atoms with Crippen LogP contribution in [0.2, 0.25) is 0 Å². The highest BCUT2D eigenvalue weighted by Gasteiger charge is 2.35. The SMILES string of the molecule is CC(O)CC(C)Nc1ccc(C(=O)O)c(C(F)(F)F)c1. The molecule has 2 unspecified atom stereocenters. The maximum absolute atomic E-state index is 12.8. The summed E-state index contributed by atoms with van der Waals surface area (Å²) in [7, 11) is 0. The lowest BCUT2D eigenvalue weighted by molar-refractivity contribution is -0.138. The van der Waals surface area contributed by atoms with Gasteiger partial charge in [-0.2, -0.15) is 13.2 Å². The minimum atomic E-state index is -4.74. The first-order valence-electron chi connectivity index (χ1n) is 6.00. The van der Waals surface area contributed by atoms with Crippen molar-refractivity contribution >= 4 is 11.7 Å². The number of rotatable bonds is 5. The molecular formula is C13H16F3NO3. The van der Waals surface area contributed by atoms with Crippen molar-refractivity contribution in [2.24, 2.45) is 0 Å². The van der Waals surface area contributed by atoms with Gasteiger partial charge in [-0.1, -0.05) is 0 Å². The third kappa shape index (κ3) is 4.41. The Morgan fingerprint density at radius 1 is 1.35 bits per heavy atom. The molecule has 0 saturated carbocycles. The average molecular weight is 291 g/mol. The van der Waals surface area contributed by atoms with E-state index in [0.29, 0.717) is 6.42 Å². The average Bonchev–Trinajstić information content (AvgIpc) is 2.25. The summed E-state index contributed by atoms with van der Waals surface area (Å²) in [5.74, 6) is -1.62. The molecule has 0 aliphatic heterocycles. The van der Waals surface area contributed by atoms with Crippen molar-refractivity contribution in [2.75, 3.05) is 5.32 Å². The van der Waals surface area contributed by atoms with Crippen LogP contribution in [0.15, 0.2) is 18.2 Å². The fraction of sp³-hybridized carbons (Fsp3) is 0.462. The first-order valence-corrected chi connectivity index (χ1v) is 6.00. The molecule has 0 aliphatic rings. The molecule has 1 rings (SSSR count). The molecule has 2 atom stereocenters. The number of alkyl halides is 3. The summed E-state index contributed by atoms with van der Waals surface area (Å²) >= 11 is 0. The lowest BCUT2D eigenvalue weighted by atomic mass is 10.1. The van der Waals surface area contributed by atoms with Crippen LogP contribution in [0.25, 0.3) is 0 Å². The Labute approximate surface area is 114 Å². The summed E-state index contributed by atoms with van der Waals surface area (Å²) in [6.45, 7) is 3.29. The van der Waals surface area contributed by atoms with E-state index in [2.05, 4.69) is 5.32 Å². The van der Waals surface area contributed by atoms with E-state index in [1.807, 2.05) is 0 Å². The number of aromatic carboxylic acids is 1. The Balaban J connectivity index is 3.04. The van der Waals surface area contributed by atoms with Gasteiger partial charge in [0.1, 0.15) is 0 Å². The zero-order chi connectivity index (χ0) is 15.5. The molecule has 4 nitrogen and oxygen atoms in total. The van der Waals surface area contributed by atoms with Crippen LogP contribution in [0.5, 0.6) is 0 Å². The largest absolute Gasteiger partial charge is 0.478 e. The highest BCUT2D eigenvalue weighted by atomic mass is 19.4. The molecule has 3 N–H and O–H groups in total. The number of halogens is 3. The monoisotopic (exact) mass is 291 g/mol. The first-order chi connectivity index (χ1) is 9.11. The van der Waals surface area contributed by atoms with Gasteiger partial charge in [-0.05, 0) is 38.5 Å². The fourth-order valence-electron chi connectivity index (χ4n) is 1.91. The van der Waals surface area contributed by atoms with Crippen LogP contribution in [0, 0.1) is 0 Å². The number of anilines is 1. The van der Waals surface area contributed by atoms with Gasteiger partial charge in [0.05, 0.1) is 17.2 Å². The number of hydrogen-bond acceptors (Lipinski definition) is 3. The topological polar surface area (TPSA) is 69.6 Å². The second-order valence-electron chi connectivity index (χ2n) is 4.69. The molecule has 0 fully saturated rings. The van der Waals surface area contributed by atoms with E-state index < -0.39 is 29.4 Å². The van der Waals surface area contributed by atoms with Gasteiger partial charge in [-0.3, -0.25) is 0 Å². The predicted octanol–water partition coefficient (Wildman–Crippen LogP) is 2.97. The van der Waals surface area contributed by atoms with E-state index in [1.54, 1.807) is 13.8 Å². The van der Waals surface area contributed by atoms with E-state index in [4.69, 9.17) is 5.11 Å². The summed E-state index contributed by atoms with van der Waals surface area (Å²) in [6.07, 6.45) is -4.96. The third-order valence-corrected chi connectivity index (χ3v) is 2.66. The van der Waals surface area contributed by atoms with E-state index in [9.17, 15) is 23.1 Å². The number of aliphatic hydroxyl groups is 1. The van der Waals surface area contributed by atoms with Gasteiger partial charge in [0, 0.05) is 11.7 Å². The summed E-state index contributed by atoms with van der Waals surface area (Å²) in [6, 6.07) is 2.72. The first kappa shape index (κ1) is 16.3. The second-order valence-corrected chi connectivity index (χ2v) is 4.69. The molecule has 0 spiro atoms. The van der Waals surface area contributed by atoms with E-state index >= 15 is 0 Å². The number of aliphatic hydroxyl groups excluding tert-OH is 1. The maximum Gasteiger partial charge on any atom is 0.417 e. The van der Waals surface area contributed by atoms with Gasteiger partial charge < -0.3 is 15.5 Å². The number of benzene rings is 1. The molecule has 20 heavy (non-hydrogen) atoms. The molecular weight excluding hydrogens is 275 g/mol. The van der Waals surface area contributed by atoms with Gasteiger partial charge in [0.2, 0.25) is 0 Å². The van der Waals surface area contributed by atoms with E-state index in [1.165, 1.54) is 6.07 Å². The summed E-state index contributed by atoms with van der Waals surface area (Å²) in [5.41, 5.74) is -1.82. The molecule has 0 bridgehead atoms. The lowest BCUT2D eigenvalue weighted by Gasteiger charge is -2.18. The number of hydrogen-bond donors (Lipinski definition) is 3. The Kier molecular flexibility index (Phi) is 4.99. The minimum Gasteiger partial charge on any atom is -0.478 e. The van der Waals surface area contributed by atoms with Crippen LogP contribution in [0.1, 0.15) is 36.2 Å². The minimum absolute atomic E-state index is 0.162. The van der Waals surface area contributed by atoms with Gasteiger partial charge >= 0.3 is 12.1 Å². The van der Waals surface area contributed by atoms with E-state index in [-0.39, 0.29) is 11.7 Å². The van der Waals surface area contributed by atoms with Crippen molar-refractivity contribution in [2.45, 2.75) is 38.6 Å². The molecule has 1 aromatic rings. The van der Waals surface area contributed by atoms with Gasteiger partial charge in [0.25, 0.3) is 0 Å². The van der Waals surface area contributed by atoms with Crippen LogP contribution >= 0.6 is 0 Å². The molecule has 7 heteroatoms. The fourth-order valence-corrected chi connectivity index (χ4v) is 1.91. The van der Waals surface area contributed by atoms with Crippen molar-refractivity contribution < 1.29 is 28.2 Å². The maximum atomic E-state index is 12.8. The molecule has 0 amide bonds. The predicted molar refractivity (Wildman–Crippen MR) is 67.8 cm³/mol. The number of carboxylic acids is 1. The zero-order valence-electron chi connectivity index (χ0n) is 11.0. The zero-order valence-corrected chi connectivity index (χ0v) is 11.0. The molecule has 0 aromatic heterocycles. The highest BCUT2D eigenvalue weighted by Crippen LogP contribution is 2.34. The van der Waals surface area contributed by atoms with Gasteiger partial charge in [-0.25, -0.2) is 4.79 Å². The van der Waals surface area contributed by atoms with Crippen LogP contribution in [0.4, 0.5) is 18.9 Å². The number of carboxylic acid groups (broad SMARTS) is 1. The number of nitrogens with one attached hydrogen (secondary N) is 1. The highest BCUT2D eigenvalue weighted by molar-refractivity contribution is 5.90. The molecule has 112 valence electrons. The normalized spacial score (nSPS) is 14.7. The Morgan fingerprint density at radius 3 is 2.40 bits per heavy atom. The Morgan fingerprint density at radius 2 is 1.95 bits per heavy atom. The van der Waals surface area contributed by atoms with Crippen molar-refractivity contribution in [3.8, 4) is 0 Å². The van der Waals surface area contributed by atoms with Gasteiger partial charge in [0.15, 0.2) is 0 Å². The molecule has 0 radical (unpaired) electrons. The van der Waals surface area contributed by atoms with Crippen molar-refractivity contribution in [1.82, 2.24) is 0 Å². The summed E-state index contributed by atoms with van der Waals surface area (Å²) < 4.78 is 38.4. The standard InChI is InChI=1S/C13H16F3NO3/c1-7(5-8(2)18)17-9-3-4-10(12(19)20)11(6-9)13(14,15)16/h3-4,6-8,17-18H,5H2,1-2H3,(H,19,20).